The molecule has 8 heteroatoms. The van der Waals surface area contributed by atoms with E-state index >= 15 is 0 Å². The van der Waals surface area contributed by atoms with Crippen LogP contribution >= 0.6 is 0 Å². The van der Waals surface area contributed by atoms with Crippen LogP contribution in [-0.2, 0) is 11.0 Å². The third kappa shape index (κ3) is 4.82. The van der Waals surface area contributed by atoms with Crippen molar-refractivity contribution in [2.45, 2.75) is 19.0 Å². The van der Waals surface area contributed by atoms with Gasteiger partial charge in [0.05, 0.1) is 17.8 Å². The fourth-order valence-corrected chi connectivity index (χ4v) is 3.05. The fraction of sp³-hybridized carbons (Fsp3) is 0.300. The Morgan fingerprint density at radius 1 is 0.964 bits per heavy atom. The fourth-order valence-electron chi connectivity index (χ4n) is 3.05. The Kier molecular flexibility index (Phi) is 5.87. The van der Waals surface area contributed by atoms with Crippen molar-refractivity contribution in [3.05, 3.63) is 59.7 Å². The number of alkyl halides is 3. The molecule has 0 aromatic heterocycles. The monoisotopic (exact) mass is 391 g/mol. The van der Waals surface area contributed by atoms with E-state index < -0.39 is 17.6 Å². The van der Waals surface area contributed by atoms with Crippen LogP contribution in [0.15, 0.2) is 48.5 Å². The van der Waals surface area contributed by atoms with Crippen molar-refractivity contribution in [1.29, 1.82) is 0 Å². The number of para-hydroxylation sites is 1. The van der Waals surface area contributed by atoms with Gasteiger partial charge in [0.25, 0.3) is 5.91 Å². The molecule has 0 unspecified atom stereocenters. The van der Waals surface area contributed by atoms with Crippen LogP contribution in [0.2, 0.25) is 0 Å². The summed E-state index contributed by atoms with van der Waals surface area (Å²) in [5.41, 5.74) is -0.0188. The van der Waals surface area contributed by atoms with Crippen molar-refractivity contribution >= 4 is 23.2 Å². The number of hydrogen-bond acceptors (Lipinski definition) is 3. The number of rotatable bonds is 5. The minimum Gasteiger partial charge on any atom is -0.376 e. The lowest BCUT2D eigenvalue weighted by Gasteiger charge is -2.16. The Morgan fingerprint density at radius 2 is 1.61 bits per heavy atom. The summed E-state index contributed by atoms with van der Waals surface area (Å²) in [6.07, 6.45) is -2.52. The molecule has 0 atom stereocenters. The summed E-state index contributed by atoms with van der Waals surface area (Å²) in [6, 6.07) is 11.5. The number of likely N-dealkylation sites (tertiary alicyclic amines) is 1. The molecule has 28 heavy (non-hydrogen) atoms. The molecule has 0 aliphatic carbocycles. The lowest BCUT2D eigenvalue weighted by atomic mass is 10.1. The third-order valence-electron chi connectivity index (χ3n) is 4.48. The van der Waals surface area contributed by atoms with Gasteiger partial charge in [0.2, 0.25) is 5.91 Å². The maximum atomic E-state index is 13.0. The lowest BCUT2D eigenvalue weighted by molar-refractivity contribution is -0.137. The van der Waals surface area contributed by atoms with Crippen molar-refractivity contribution in [3.63, 3.8) is 0 Å². The van der Waals surface area contributed by atoms with Gasteiger partial charge in [0, 0.05) is 24.3 Å². The molecule has 0 saturated carbocycles. The molecule has 1 heterocycles. The molecule has 0 bridgehead atoms. The van der Waals surface area contributed by atoms with E-state index in [0.29, 0.717) is 11.3 Å². The summed E-state index contributed by atoms with van der Waals surface area (Å²) in [4.78, 5) is 26.1. The lowest BCUT2D eigenvalue weighted by Crippen LogP contribution is -2.27. The van der Waals surface area contributed by atoms with Gasteiger partial charge in [-0.2, -0.15) is 13.2 Å². The maximum absolute atomic E-state index is 13.0. The Labute approximate surface area is 160 Å². The standard InChI is InChI=1S/C20H20F3N3O2/c21-20(22,23)16-5-1-2-6-17(16)25-18(27)13-24-15-9-7-14(8-10-15)19(28)26-11-3-4-12-26/h1-2,5-10,24H,3-4,11-13H2,(H,25,27). The van der Waals surface area contributed by atoms with Crippen molar-refractivity contribution in [2.75, 3.05) is 30.3 Å². The van der Waals surface area contributed by atoms with Gasteiger partial charge in [0.15, 0.2) is 0 Å². The molecule has 0 radical (unpaired) electrons. The number of hydrogen-bond donors (Lipinski definition) is 2. The molecule has 1 aliphatic rings. The Balaban J connectivity index is 1.56. The van der Waals surface area contributed by atoms with Crippen molar-refractivity contribution in [3.8, 4) is 0 Å². The summed E-state index contributed by atoms with van der Waals surface area (Å²) in [5.74, 6) is -0.625. The molecule has 1 saturated heterocycles. The Morgan fingerprint density at radius 3 is 2.25 bits per heavy atom. The minimum absolute atomic E-state index is 0.0226. The smallest absolute Gasteiger partial charge is 0.376 e. The zero-order valence-electron chi connectivity index (χ0n) is 15.1. The first-order valence-corrected chi connectivity index (χ1v) is 8.94. The first kappa shape index (κ1) is 19.7. The summed E-state index contributed by atoms with van der Waals surface area (Å²) >= 11 is 0. The first-order chi connectivity index (χ1) is 13.3. The number of amides is 2. The summed E-state index contributed by atoms with van der Waals surface area (Å²) in [5, 5.41) is 5.11. The number of halogens is 3. The van der Waals surface area contributed by atoms with Crippen LogP contribution in [0.3, 0.4) is 0 Å². The quantitative estimate of drug-likeness (QED) is 0.810. The van der Waals surface area contributed by atoms with Crippen LogP contribution in [0.4, 0.5) is 24.5 Å². The second-order valence-corrected chi connectivity index (χ2v) is 6.52. The second-order valence-electron chi connectivity index (χ2n) is 6.52. The molecule has 1 aliphatic heterocycles. The van der Waals surface area contributed by atoms with Crippen LogP contribution in [0, 0.1) is 0 Å². The topological polar surface area (TPSA) is 61.4 Å². The average Bonchev–Trinajstić information content (AvgIpc) is 3.20. The summed E-state index contributed by atoms with van der Waals surface area (Å²) in [7, 11) is 0. The predicted molar refractivity (Wildman–Crippen MR) is 100 cm³/mol. The highest BCUT2D eigenvalue weighted by Gasteiger charge is 2.33. The van der Waals surface area contributed by atoms with Crippen molar-refractivity contribution < 1.29 is 22.8 Å². The molecule has 148 valence electrons. The number of nitrogens with zero attached hydrogens (tertiary/aromatic N) is 1. The SMILES string of the molecule is O=C(CNc1ccc(C(=O)N2CCCC2)cc1)Nc1ccccc1C(F)(F)F. The Bertz CT molecular complexity index is 845. The van der Waals surface area contributed by atoms with E-state index in [-0.39, 0.29) is 18.1 Å². The van der Waals surface area contributed by atoms with Crippen LogP contribution in [0.5, 0.6) is 0 Å². The third-order valence-corrected chi connectivity index (χ3v) is 4.48. The largest absolute Gasteiger partial charge is 0.418 e. The van der Waals surface area contributed by atoms with Gasteiger partial charge in [0.1, 0.15) is 0 Å². The molecular weight excluding hydrogens is 371 g/mol. The van der Waals surface area contributed by atoms with E-state index in [9.17, 15) is 22.8 Å². The van der Waals surface area contributed by atoms with E-state index in [0.717, 1.165) is 32.0 Å². The van der Waals surface area contributed by atoms with E-state index in [1.807, 2.05) is 0 Å². The number of anilines is 2. The Hall–Kier alpha value is -3.03. The summed E-state index contributed by atoms with van der Waals surface area (Å²) < 4.78 is 38.9. The highest BCUT2D eigenvalue weighted by Crippen LogP contribution is 2.34. The predicted octanol–water partition coefficient (Wildman–Crippen LogP) is 3.99. The van der Waals surface area contributed by atoms with Crippen molar-refractivity contribution in [1.82, 2.24) is 4.90 Å². The molecule has 2 amide bonds. The molecule has 2 aromatic rings. The number of carbonyl (C=O) groups is 2. The van der Waals surface area contributed by atoms with Crippen LogP contribution < -0.4 is 10.6 Å². The van der Waals surface area contributed by atoms with Gasteiger partial charge in [-0.15, -0.1) is 0 Å². The number of benzene rings is 2. The van der Waals surface area contributed by atoms with Crippen LogP contribution in [0.25, 0.3) is 0 Å². The zero-order chi connectivity index (χ0) is 20.1. The van der Waals surface area contributed by atoms with Crippen LogP contribution in [-0.4, -0.2) is 36.3 Å². The first-order valence-electron chi connectivity index (χ1n) is 8.94. The summed E-state index contributed by atoms with van der Waals surface area (Å²) in [6.45, 7) is 1.32. The van der Waals surface area contributed by atoms with Gasteiger partial charge in [-0.3, -0.25) is 9.59 Å². The molecule has 2 N–H and O–H groups in total. The van der Waals surface area contributed by atoms with Crippen molar-refractivity contribution in [2.24, 2.45) is 0 Å². The molecule has 5 nitrogen and oxygen atoms in total. The molecule has 2 aromatic carbocycles. The van der Waals surface area contributed by atoms with E-state index in [2.05, 4.69) is 10.6 Å². The van der Waals surface area contributed by atoms with Gasteiger partial charge in [-0.1, -0.05) is 12.1 Å². The zero-order valence-corrected chi connectivity index (χ0v) is 15.1. The normalized spacial score (nSPS) is 14.0. The van der Waals surface area contributed by atoms with Gasteiger partial charge in [-0.25, -0.2) is 0 Å². The maximum Gasteiger partial charge on any atom is 0.418 e. The van der Waals surface area contributed by atoms with Gasteiger partial charge in [-0.05, 0) is 49.2 Å². The molecule has 0 spiro atoms. The average molecular weight is 391 g/mol. The second kappa shape index (κ2) is 8.33. The number of carbonyl (C=O) groups excluding carboxylic acids is 2. The molecule has 1 fully saturated rings. The number of nitrogens with one attached hydrogen (secondary N) is 2. The minimum atomic E-state index is -4.55. The highest BCUT2D eigenvalue weighted by atomic mass is 19.4. The van der Waals surface area contributed by atoms with E-state index in [1.54, 1.807) is 29.2 Å². The van der Waals surface area contributed by atoms with Gasteiger partial charge < -0.3 is 15.5 Å². The molecule has 3 rings (SSSR count). The molecular formula is C20H20F3N3O2. The van der Waals surface area contributed by atoms with E-state index in [4.69, 9.17) is 0 Å². The van der Waals surface area contributed by atoms with Crippen LogP contribution in [0.1, 0.15) is 28.8 Å². The highest BCUT2D eigenvalue weighted by molar-refractivity contribution is 5.96. The van der Waals surface area contributed by atoms with E-state index in [1.165, 1.54) is 18.2 Å². The van der Waals surface area contributed by atoms with Gasteiger partial charge >= 0.3 is 6.18 Å².